The first-order valence-electron chi connectivity index (χ1n) is 12.0. The van der Waals surface area contributed by atoms with Gasteiger partial charge in [-0.3, -0.25) is 9.59 Å². The summed E-state index contributed by atoms with van der Waals surface area (Å²) in [6.07, 6.45) is 17.0. The van der Waals surface area contributed by atoms with Crippen LogP contribution in [0.3, 0.4) is 0 Å². The second kappa shape index (κ2) is 16.9. The van der Waals surface area contributed by atoms with Crippen molar-refractivity contribution in [3.05, 3.63) is 0 Å². The smallest absolute Gasteiger partial charge is 0.305 e. The van der Waals surface area contributed by atoms with Crippen LogP contribution in [-0.2, 0) is 19.1 Å². The van der Waals surface area contributed by atoms with Gasteiger partial charge in [-0.05, 0) is 50.4 Å². The molecule has 0 bridgehead atoms. The van der Waals surface area contributed by atoms with Crippen molar-refractivity contribution in [2.45, 2.75) is 117 Å². The van der Waals surface area contributed by atoms with Gasteiger partial charge in [0, 0.05) is 12.8 Å². The number of hydrogen-bond donors (Lipinski definition) is 0. The molecule has 0 aliphatic heterocycles. The largest absolute Gasteiger partial charge is 0.465 e. The topological polar surface area (TPSA) is 52.6 Å². The molecule has 0 atom stereocenters. The highest BCUT2D eigenvalue weighted by Crippen LogP contribution is 2.29. The van der Waals surface area contributed by atoms with Crippen molar-refractivity contribution >= 4 is 11.9 Å². The highest BCUT2D eigenvalue weighted by molar-refractivity contribution is 5.69. The summed E-state index contributed by atoms with van der Waals surface area (Å²) in [6, 6.07) is 0. The fourth-order valence-electron chi connectivity index (χ4n) is 3.88. The molecule has 4 nitrogen and oxygen atoms in total. The van der Waals surface area contributed by atoms with E-state index >= 15 is 0 Å². The molecule has 0 heterocycles. The Morgan fingerprint density at radius 2 is 0.964 bits per heavy atom. The van der Waals surface area contributed by atoms with Crippen LogP contribution in [0.25, 0.3) is 0 Å². The van der Waals surface area contributed by atoms with E-state index in [1.54, 1.807) is 0 Å². The van der Waals surface area contributed by atoms with Crippen molar-refractivity contribution in [3.8, 4) is 0 Å². The molecule has 1 aliphatic rings. The Morgan fingerprint density at radius 1 is 0.607 bits per heavy atom. The van der Waals surface area contributed by atoms with E-state index in [-0.39, 0.29) is 11.9 Å². The Labute approximate surface area is 173 Å². The molecule has 1 fully saturated rings. The van der Waals surface area contributed by atoms with E-state index in [9.17, 15) is 9.59 Å². The summed E-state index contributed by atoms with van der Waals surface area (Å²) in [5.41, 5.74) is 0. The van der Waals surface area contributed by atoms with E-state index in [4.69, 9.17) is 9.47 Å². The number of rotatable bonds is 16. The summed E-state index contributed by atoms with van der Waals surface area (Å²) in [5.74, 6) is 0.891. The molecule has 0 aromatic rings. The highest BCUT2D eigenvalue weighted by atomic mass is 16.5. The zero-order valence-corrected chi connectivity index (χ0v) is 18.5. The molecule has 0 aromatic heterocycles. The van der Waals surface area contributed by atoms with Gasteiger partial charge in [0.05, 0.1) is 13.2 Å². The van der Waals surface area contributed by atoms with Crippen LogP contribution in [0.4, 0.5) is 0 Å². The van der Waals surface area contributed by atoms with Crippen LogP contribution in [0, 0.1) is 11.8 Å². The third-order valence-electron chi connectivity index (χ3n) is 5.90. The maximum Gasteiger partial charge on any atom is 0.305 e. The molecule has 0 N–H and O–H groups in total. The number of carbonyl (C=O) groups is 2. The molecule has 0 unspecified atom stereocenters. The number of ether oxygens (including phenoxy) is 2. The molecule has 4 heteroatoms. The van der Waals surface area contributed by atoms with Crippen molar-refractivity contribution in [2.24, 2.45) is 11.8 Å². The molecule has 28 heavy (non-hydrogen) atoms. The van der Waals surface area contributed by atoms with E-state index in [1.165, 1.54) is 38.5 Å². The van der Waals surface area contributed by atoms with E-state index in [2.05, 4.69) is 13.8 Å². The average Bonchev–Trinajstić information content (AvgIpc) is 2.71. The van der Waals surface area contributed by atoms with Gasteiger partial charge < -0.3 is 9.47 Å². The molecule has 0 spiro atoms. The van der Waals surface area contributed by atoms with Crippen molar-refractivity contribution in [1.29, 1.82) is 0 Å². The van der Waals surface area contributed by atoms with Crippen molar-refractivity contribution in [1.82, 2.24) is 0 Å². The Kier molecular flexibility index (Phi) is 15.0. The Balaban J connectivity index is 1.99. The van der Waals surface area contributed by atoms with E-state index in [0.717, 1.165) is 51.4 Å². The number of carbonyl (C=O) groups excluding carboxylic acids is 2. The molecule has 1 rings (SSSR count). The highest BCUT2D eigenvalue weighted by Gasteiger charge is 2.23. The van der Waals surface area contributed by atoms with Crippen molar-refractivity contribution in [3.63, 3.8) is 0 Å². The van der Waals surface area contributed by atoms with Gasteiger partial charge in [-0.2, -0.15) is 0 Å². The first kappa shape index (κ1) is 25.0. The Hall–Kier alpha value is -1.06. The Morgan fingerprint density at radius 3 is 1.32 bits per heavy atom. The second-order valence-electron chi connectivity index (χ2n) is 8.58. The third kappa shape index (κ3) is 13.2. The summed E-state index contributed by atoms with van der Waals surface area (Å²) in [4.78, 5) is 23.6. The second-order valence-corrected chi connectivity index (χ2v) is 8.58. The fraction of sp³-hybridized carbons (Fsp3) is 0.917. The summed E-state index contributed by atoms with van der Waals surface area (Å²) in [6.45, 7) is 5.53. The molecule has 0 amide bonds. The van der Waals surface area contributed by atoms with Gasteiger partial charge in [-0.25, -0.2) is 0 Å². The molecule has 0 radical (unpaired) electrons. The van der Waals surface area contributed by atoms with Crippen LogP contribution in [0.1, 0.15) is 117 Å². The number of unbranched alkanes of at least 4 members (excludes halogenated alkanes) is 8. The zero-order chi connectivity index (χ0) is 20.5. The quantitative estimate of drug-likeness (QED) is 0.218. The lowest BCUT2D eigenvalue weighted by Crippen LogP contribution is -2.23. The SMILES string of the molecule is CCCCCCCC(=O)OCC1CCC(COC(=O)CCCCCCC)CC1. The van der Waals surface area contributed by atoms with Crippen LogP contribution < -0.4 is 0 Å². The van der Waals surface area contributed by atoms with Crippen molar-refractivity contribution < 1.29 is 19.1 Å². The summed E-state index contributed by atoms with van der Waals surface area (Å²) in [7, 11) is 0. The third-order valence-corrected chi connectivity index (χ3v) is 5.90. The predicted molar refractivity (Wildman–Crippen MR) is 114 cm³/mol. The van der Waals surface area contributed by atoms with Gasteiger partial charge in [0.25, 0.3) is 0 Å². The summed E-state index contributed by atoms with van der Waals surface area (Å²) < 4.78 is 10.9. The molecule has 164 valence electrons. The van der Waals surface area contributed by atoms with Gasteiger partial charge in [0.1, 0.15) is 0 Å². The normalized spacial score (nSPS) is 19.4. The van der Waals surface area contributed by atoms with Crippen LogP contribution in [0.5, 0.6) is 0 Å². The van der Waals surface area contributed by atoms with Gasteiger partial charge in [0.2, 0.25) is 0 Å². The van der Waals surface area contributed by atoms with Crippen LogP contribution >= 0.6 is 0 Å². The van der Waals surface area contributed by atoms with Gasteiger partial charge in [-0.1, -0.05) is 65.2 Å². The fourth-order valence-corrected chi connectivity index (χ4v) is 3.88. The Bertz CT molecular complexity index is 361. The van der Waals surface area contributed by atoms with Crippen LogP contribution in [-0.4, -0.2) is 25.2 Å². The average molecular weight is 397 g/mol. The molecule has 0 saturated heterocycles. The van der Waals surface area contributed by atoms with Gasteiger partial charge >= 0.3 is 11.9 Å². The first-order chi connectivity index (χ1) is 13.7. The molecule has 0 aromatic carbocycles. The zero-order valence-electron chi connectivity index (χ0n) is 18.5. The molecular formula is C24H44O4. The molecule has 1 saturated carbocycles. The lowest BCUT2D eigenvalue weighted by atomic mass is 9.83. The number of esters is 2. The lowest BCUT2D eigenvalue weighted by Gasteiger charge is -2.27. The van der Waals surface area contributed by atoms with E-state index < -0.39 is 0 Å². The van der Waals surface area contributed by atoms with Crippen molar-refractivity contribution in [2.75, 3.05) is 13.2 Å². The maximum absolute atomic E-state index is 11.8. The maximum atomic E-state index is 11.8. The molecule has 1 aliphatic carbocycles. The monoisotopic (exact) mass is 396 g/mol. The minimum Gasteiger partial charge on any atom is -0.465 e. The first-order valence-corrected chi connectivity index (χ1v) is 12.0. The number of hydrogen-bond acceptors (Lipinski definition) is 4. The van der Waals surface area contributed by atoms with Gasteiger partial charge in [-0.15, -0.1) is 0 Å². The standard InChI is InChI=1S/C24H44O4/c1-3-5-7-9-11-13-23(25)27-19-21-15-17-22(18-16-21)20-28-24(26)14-12-10-8-6-4-2/h21-22H,3-20H2,1-2H3. The van der Waals surface area contributed by atoms with Crippen LogP contribution in [0.2, 0.25) is 0 Å². The van der Waals surface area contributed by atoms with E-state index in [1.807, 2.05) is 0 Å². The predicted octanol–water partition coefficient (Wildman–Crippen LogP) is 6.60. The van der Waals surface area contributed by atoms with Crippen LogP contribution in [0.15, 0.2) is 0 Å². The summed E-state index contributed by atoms with van der Waals surface area (Å²) >= 11 is 0. The minimum absolute atomic E-state index is 0.0357. The lowest BCUT2D eigenvalue weighted by molar-refractivity contribution is -0.147. The summed E-state index contributed by atoms with van der Waals surface area (Å²) in [5, 5.41) is 0. The van der Waals surface area contributed by atoms with Gasteiger partial charge in [0.15, 0.2) is 0 Å². The minimum atomic E-state index is -0.0357. The van der Waals surface area contributed by atoms with E-state index in [0.29, 0.717) is 37.9 Å². The molecular weight excluding hydrogens is 352 g/mol.